The molecule has 11 nitrogen and oxygen atoms in total. The number of imidazole rings is 1. The molecule has 1 aliphatic heterocycles. The monoisotopic (exact) mass is 530 g/mol. The number of carbonyl (C=O) groups is 2. The van der Waals surface area contributed by atoms with Crippen LogP contribution in [0.4, 0.5) is 4.79 Å². The quantitative estimate of drug-likeness (QED) is 0.349. The summed E-state index contributed by atoms with van der Waals surface area (Å²) in [4.78, 5) is 36.3. The summed E-state index contributed by atoms with van der Waals surface area (Å²) in [7, 11) is 3.51. The Hall–Kier alpha value is -4.12. The van der Waals surface area contributed by atoms with Gasteiger partial charge < -0.3 is 34.3 Å². The zero-order chi connectivity index (χ0) is 27.0. The number of fused-ring (bicyclic) bond motifs is 4. The maximum Gasteiger partial charge on any atom is 0.404 e. The van der Waals surface area contributed by atoms with Crippen molar-refractivity contribution >= 4 is 34.1 Å². The third-order valence-corrected chi connectivity index (χ3v) is 8.58. The number of rotatable bonds is 6. The van der Waals surface area contributed by atoms with Crippen LogP contribution in [-0.4, -0.2) is 78.1 Å². The summed E-state index contributed by atoms with van der Waals surface area (Å²) in [5.41, 5.74) is 3.68. The Kier molecular flexibility index (Phi) is 5.35. The van der Waals surface area contributed by atoms with Gasteiger partial charge in [0.1, 0.15) is 16.9 Å². The van der Waals surface area contributed by atoms with E-state index in [0.717, 1.165) is 34.6 Å². The van der Waals surface area contributed by atoms with Gasteiger partial charge in [0.25, 0.3) is 5.91 Å². The second-order valence-corrected chi connectivity index (χ2v) is 11.0. The van der Waals surface area contributed by atoms with Crippen molar-refractivity contribution in [2.45, 2.75) is 44.0 Å². The van der Waals surface area contributed by atoms with E-state index in [1.807, 2.05) is 23.9 Å². The highest BCUT2D eigenvalue weighted by Crippen LogP contribution is 2.41. The van der Waals surface area contributed by atoms with Gasteiger partial charge in [0, 0.05) is 43.2 Å². The van der Waals surface area contributed by atoms with Gasteiger partial charge >= 0.3 is 6.09 Å². The number of hydrogen-bond donors (Lipinski definition) is 3. The maximum absolute atomic E-state index is 13.7. The van der Waals surface area contributed by atoms with E-state index in [0.29, 0.717) is 35.7 Å². The predicted octanol–water partition coefficient (Wildman–Crippen LogP) is 2.85. The molecule has 2 amide bonds. The topological polar surface area (TPSA) is 135 Å². The number of nitrogens with zero attached hydrogens (tertiary/aromatic N) is 5. The number of hydrogen-bond acceptors (Lipinski definition) is 6. The number of methoxy groups -OCH3 is 1. The molecule has 202 valence electrons. The van der Waals surface area contributed by atoms with Crippen LogP contribution in [0.15, 0.2) is 36.5 Å². The van der Waals surface area contributed by atoms with Crippen LogP contribution >= 0.6 is 0 Å². The smallest absolute Gasteiger partial charge is 0.404 e. The fourth-order valence-corrected chi connectivity index (χ4v) is 6.64. The summed E-state index contributed by atoms with van der Waals surface area (Å²) in [5.74, 6) is 1.51. The number of aryl methyl sites for hydroxylation is 1. The number of pyridine rings is 1. The number of carboxylic acid groups (broad SMARTS) is 1. The average molecular weight is 531 g/mol. The molecule has 0 radical (unpaired) electrons. The molecule has 0 spiro atoms. The zero-order valence-corrected chi connectivity index (χ0v) is 21.7. The molecule has 3 aromatic heterocycles. The van der Waals surface area contributed by atoms with E-state index in [1.54, 1.807) is 24.1 Å². The van der Waals surface area contributed by atoms with Crippen LogP contribution in [0.25, 0.3) is 33.6 Å². The summed E-state index contributed by atoms with van der Waals surface area (Å²) in [6.07, 6.45) is 2.77. The van der Waals surface area contributed by atoms with Crippen molar-refractivity contribution in [3.8, 4) is 17.3 Å². The Balaban J connectivity index is 1.30. The summed E-state index contributed by atoms with van der Waals surface area (Å²) >= 11 is 0. The second kappa shape index (κ2) is 8.70. The van der Waals surface area contributed by atoms with Gasteiger partial charge in [-0.15, -0.1) is 0 Å². The molecule has 3 aliphatic rings. The Labute approximate surface area is 224 Å². The Morgan fingerprint density at radius 1 is 1.23 bits per heavy atom. The van der Waals surface area contributed by atoms with Crippen LogP contribution in [0.2, 0.25) is 0 Å². The predicted molar refractivity (Wildman–Crippen MR) is 143 cm³/mol. The van der Waals surface area contributed by atoms with Crippen molar-refractivity contribution in [3.05, 3.63) is 42.1 Å². The van der Waals surface area contributed by atoms with Crippen LogP contribution in [0.1, 0.15) is 29.6 Å². The Morgan fingerprint density at radius 3 is 2.79 bits per heavy atom. The fourth-order valence-electron chi connectivity index (χ4n) is 6.64. The molecule has 4 aromatic rings. The third kappa shape index (κ3) is 3.75. The van der Waals surface area contributed by atoms with E-state index >= 15 is 0 Å². The number of nitrogens with one attached hydrogen (secondary N) is 1. The van der Waals surface area contributed by atoms with Gasteiger partial charge in [0.05, 0.1) is 36.5 Å². The number of aliphatic hydroxyl groups excluding tert-OH is 1. The molecule has 1 saturated heterocycles. The number of benzene rings is 1. The van der Waals surface area contributed by atoms with Crippen LogP contribution in [0.5, 0.6) is 5.75 Å². The normalized spacial score (nSPS) is 24.1. The van der Waals surface area contributed by atoms with Gasteiger partial charge in [0.15, 0.2) is 5.82 Å². The SMILES string of the molecule is COc1cc(C(=O)N2C[C@H]3C[C@H](O)[C@@H]2[C@@H]3NC(=O)O)cc2nc(-c3cc4cccnc4n3CC3CC3)n(C)c12. The van der Waals surface area contributed by atoms with E-state index in [1.165, 1.54) is 12.8 Å². The molecule has 4 atom stereocenters. The molecule has 11 heteroatoms. The molecule has 4 heterocycles. The Morgan fingerprint density at radius 2 is 2.05 bits per heavy atom. The minimum absolute atomic E-state index is 0.126. The van der Waals surface area contributed by atoms with Crippen molar-refractivity contribution in [1.29, 1.82) is 0 Å². The first-order chi connectivity index (χ1) is 18.8. The summed E-state index contributed by atoms with van der Waals surface area (Å²) in [6.45, 7) is 1.26. The maximum atomic E-state index is 13.7. The Bertz CT molecular complexity index is 1640. The summed E-state index contributed by atoms with van der Waals surface area (Å²) < 4.78 is 9.98. The van der Waals surface area contributed by atoms with Gasteiger partial charge in [-0.1, -0.05) is 0 Å². The number of amides is 2. The number of carbonyl (C=O) groups excluding carboxylic acids is 1. The zero-order valence-electron chi connectivity index (χ0n) is 21.7. The van der Waals surface area contributed by atoms with Crippen molar-refractivity contribution in [3.63, 3.8) is 0 Å². The van der Waals surface area contributed by atoms with Crippen LogP contribution < -0.4 is 10.1 Å². The lowest BCUT2D eigenvalue weighted by Gasteiger charge is -2.31. The third-order valence-electron chi connectivity index (χ3n) is 8.58. The van der Waals surface area contributed by atoms with E-state index < -0.39 is 24.3 Å². The van der Waals surface area contributed by atoms with Crippen LogP contribution in [0, 0.1) is 11.8 Å². The van der Waals surface area contributed by atoms with E-state index in [4.69, 9.17) is 9.72 Å². The van der Waals surface area contributed by atoms with Gasteiger partial charge in [-0.25, -0.2) is 14.8 Å². The molecule has 3 fully saturated rings. The van der Waals surface area contributed by atoms with Gasteiger partial charge in [0.2, 0.25) is 0 Å². The first-order valence-electron chi connectivity index (χ1n) is 13.3. The minimum atomic E-state index is -1.16. The summed E-state index contributed by atoms with van der Waals surface area (Å²) in [6, 6.07) is 8.47. The van der Waals surface area contributed by atoms with Crippen LogP contribution in [-0.2, 0) is 13.6 Å². The van der Waals surface area contributed by atoms with Gasteiger partial charge in [-0.3, -0.25) is 4.79 Å². The van der Waals surface area contributed by atoms with Gasteiger partial charge in [-0.2, -0.15) is 0 Å². The highest BCUT2D eigenvalue weighted by atomic mass is 16.5. The highest BCUT2D eigenvalue weighted by molar-refractivity contribution is 6.00. The number of aliphatic hydroxyl groups is 1. The number of likely N-dealkylation sites (tertiary alicyclic amines) is 1. The second-order valence-electron chi connectivity index (χ2n) is 11.0. The lowest BCUT2D eigenvalue weighted by atomic mass is 10.1. The molecule has 7 rings (SSSR count). The molecule has 2 saturated carbocycles. The van der Waals surface area contributed by atoms with Crippen molar-refractivity contribution < 1.29 is 24.5 Å². The molecular formula is C28H30N6O5. The first kappa shape index (κ1) is 24.0. The molecule has 2 aliphatic carbocycles. The molecule has 1 aromatic carbocycles. The largest absolute Gasteiger partial charge is 0.494 e. The standard InChI is InChI=1S/C28H30N6O5/c1-32-23-18(30-26(32)19-9-15-4-3-7-29-25(15)33(19)12-14-5-6-14)8-16(11-21(23)39-2)27(36)34-13-17-10-20(35)24(34)22(17)31-28(37)38/h3-4,7-9,11,14,17,20,22,24,31,35H,5-6,10,12-13H2,1-2H3,(H,37,38)/t17-,20+,22-,24-/m1/s1. The summed E-state index contributed by atoms with van der Waals surface area (Å²) in [5, 5.41) is 23.4. The van der Waals surface area contributed by atoms with E-state index in [2.05, 4.69) is 27.0 Å². The van der Waals surface area contributed by atoms with E-state index in [9.17, 15) is 19.8 Å². The molecule has 2 bridgehead atoms. The average Bonchev–Trinajstić information content (AvgIpc) is 3.33. The number of aromatic nitrogens is 4. The molecule has 0 unspecified atom stereocenters. The van der Waals surface area contributed by atoms with Gasteiger partial charge in [-0.05, 0) is 55.5 Å². The number of piperidine rings is 1. The highest BCUT2D eigenvalue weighted by Gasteiger charge is 2.54. The molecule has 39 heavy (non-hydrogen) atoms. The van der Waals surface area contributed by atoms with Crippen LogP contribution in [0.3, 0.4) is 0 Å². The van der Waals surface area contributed by atoms with Crippen molar-refractivity contribution in [1.82, 2.24) is 29.3 Å². The van der Waals surface area contributed by atoms with Crippen molar-refractivity contribution in [2.75, 3.05) is 13.7 Å². The lowest BCUT2D eigenvalue weighted by Crippen LogP contribution is -2.50. The van der Waals surface area contributed by atoms with E-state index in [-0.39, 0.29) is 11.8 Å². The minimum Gasteiger partial charge on any atom is -0.494 e. The molecule has 3 N–H and O–H groups in total. The number of ether oxygens (including phenoxy) is 1. The lowest BCUT2D eigenvalue weighted by molar-refractivity contribution is 0.0386. The first-order valence-corrected chi connectivity index (χ1v) is 13.3. The molecular weight excluding hydrogens is 500 g/mol. The van der Waals surface area contributed by atoms with Crippen molar-refractivity contribution in [2.24, 2.45) is 18.9 Å². The fraction of sp³-hybridized carbons (Fsp3) is 0.429.